The molecule has 0 aliphatic carbocycles. The lowest BCUT2D eigenvalue weighted by molar-refractivity contribution is 0.0480. The number of aliphatic hydroxyl groups excluding tert-OH is 1. The van der Waals surface area contributed by atoms with Crippen molar-refractivity contribution in [3.8, 4) is 0 Å². The molecule has 0 spiro atoms. The number of ether oxygens (including phenoxy) is 1. The van der Waals surface area contributed by atoms with E-state index in [1.54, 1.807) is 6.08 Å². The molecule has 2 nitrogen and oxygen atoms in total. The molecule has 0 saturated carbocycles. The third kappa shape index (κ3) is 3.59. The normalized spacial score (nSPS) is 9.25. The van der Waals surface area contributed by atoms with Crippen molar-refractivity contribution in [2.75, 3.05) is 6.61 Å². The van der Waals surface area contributed by atoms with Crippen LogP contribution in [0.1, 0.15) is 0 Å². The second-order valence-corrected chi connectivity index (χ2v) is 1.14. The van der Waals surface area contributed by atoms with Gasteiger partial charge in [0.15, 0.2) is 0 Å². The van der Waals surface area contributed by atoms with Gasteiger partial charge in [-0.25, -0.2) is 0 Å². The molecule has 0 unspecified atom stereocenters. The summed E-state index contributed by atoms with van der Waals surface area (Å²) < 4.78 is 4.58. The van der Waals surface area contributed by atoms with Crippen LogP contribution in [0.25, 0.3) is 0 Å². The Kier molecular flexibility index (Phi) is 4.21. The van der Waals surface area contributed by atoms with E-state index in [9.17, 15) is 0 Å². The van der Waals surface area contributed by atoms with Gasteiger partial charge in [-0.1, -0.05) is 12.7 Å². The number of aliphatic hydroxyl groups is 1. The molecule has 0 fully saturated rings. The third-order valence-electron chi connectivity index (χ3n) is 0.524. The molecule has 0 heterocycles. The minimum Gasteiger partial charge on any atom is -0.358 e. The molecule has 0 bridgehead atoms. The van der Waals surface area contributed by atoms with E-state index < -0.39 is 0 Å². The van der Waals surface area contributed by atoms with E-state index in [2.05, 4.69) is 17.9 Å². The van der Waals surface area contributed by atoms with Gasteiger partial charge in [0.25, 0.3) is 0 Å². The summed E-state index contributed by atoms with van der Waals surface area (Å²) in [5.74, 6) is 0. The molecule has 45 valence electrons. The van der Waals surface area contributed by atoms with Crippen molar-refractivity contribution in [1.82, 2.24) is 0 Å². The number of hydrogen-bond donors (Lipinski definition) is 1. The fourth-order valence-electron chi connectivity index (χ4n) is 0.203. The van der Waals surface area contributed by atoms with Crippen LogP contribution >= 0.6 is 0 Å². The predicted octanol–water partition coefficient (Wildman–Crippen LogP) is 1.24. The highest BCUT2D eigenvalue weighted by atomic mass is 16.6. The minimum absolute atomic E-state index is 0.162. The maximum absolute atomic E-state index is 8.52. The predicted molar refractivity (Wildman–Crippen MR) is 31.5 cm³/mol. The van der Waals surface area contributed by atoms with E-state index in [1.165, 1.54) is 6.08 Å². The van der Waals surface area contributed by atoms with Crippen LogP contribution in [0.3, 0.4) is 0 Å². The average molecular weight is 113 g/mol. The Morgan fingerprint density at radius 3 is 2.62 bits per heavy atom. The number of hydrogen-bond acceptors (Lipinski definition) is 2. The van der Waals surface area contributed by atoms with Crippen molar-refractivity contribution in [3.63, 3.8) is 0 Å². The smallest absolute Gasteiger partial charge is 0.245 e. The largest absolute Gasteiger partial charge is 0.358 e. The molecule has 0 saturated heterocycles. The van der Waals surface area contributed by atoms with Crippen LogP contribution in [-0.2, 0) is 4.74 Å². The summed E-state index contributed by atoms with van der Waals surface area (Å²) >= 11 is 0. The van der Waals surface area contributed by atoms with Crippen LogP contribution in [0.15, 0.2) is 25.3 Å². The van der Waals surface area contributed by atoms with Crippen molar-refractivity contribution in [3.05, 3.63) is 31.6 Å². The van der Waals surface area contributed by atoms with E-state index in [0.717, 1.165) is 0 Å². The SMILES string of the molecule is C=CCO[C](O)C=C. The Hall–Kier alpha value is -0.600. The Morgan fingerprint density at radius 2 is 2.25 bits per heavy atom. The standard InChI is InChI=1S/C6H9O2/c1-3-5-8-6(7)4-2/h3-4,7H,1-2,5H2. The Bertz CT molecular complexity index is 78.6. The molecule has 0 amide bonds. The fourth-order valence-corrected chi connectivity index (χ4v) is 0.203. The lowest BCUT2D eigenvalue weighted by Gasteiger charge is -1.99. The number of rotatable bonds is 4. The van der Waals surface area contributed by atoms with E-state index >= 15 is 0 Å². The summed E-state index contributed by atoms with van der Waals surface area (Å²) in [6.07, 6.45) is 2.60. The third-order valence-corrected chi connectivity index (χ3v) is 0.524. The fraction of sp³-hybridized carbons (Fsp3) is 0.167. The van der Waals surface area contributed by atoms with Gasteiger partial charge in [-0.15, -0.1) is 6.58 Å². The summed E-state index contributed by atoms with van der Waals surface area (Å²) in [6.45, 7) is 6.97. The second kappa shape index (κ2) is 4.56. The van der Waals surface area contributed by atoms with Gasteiger partial charge in [0.05, 0.1) is 6.61 Å². The molecule has 0 aromatic rings. The van der Waals surface area contributed by atoms with Gasteiger partial charge < -0.3 is 9.84 Å². The molecule has 0 aliphatic heterocycles. The van der Waals surface area contributed by atoms with Crippen LogP contribution < -0.4 is 0 Å². The van der Waals surface area contributed by atoms with Crippen LogP contribution in [-0.4, -0.2) is 11.7 Å². The Balaban J connectivity index is 3.09. The van der Waals surface area contributed by atoms with Crippen molar-refractivity contribution >= 4 is 0 Å². The highest BCUT2D eigenvalue weighted by Gasteiger charge is 1.94. The summed E-state index contributed by atoms with van der Waals surface area (Å²) in [7, 11) is 0. The van der Waals surface area contributed by atoms with Crippen LogP contribution in [0.2, 0.25) is 0 Å². The molecule has 1 N–H and O–H groups in total. The molecule has 1 radical (unpaired) electrons. The Labute approximate surface area is 49.1 Å². The zero-order valence-corrected chi connectivity index (χ0v) is 4.63. The lowest BCUT2D eigenvalue weighted by Crippen LogP contribution is -1.97. The van der Waals surface area contributed by atoms with Gasteiger partial charge in [0, 0.05) is 0 Å². The molecule has 0 aliphatic rings. The average Bonchev–Trinajstić information content (AvgIpc) is 1.83. The van der Waals surface area contributed by atoms with Gasteiger partial charge in [0.2, 0.25) is 6.29 Å². The maximum atomic E-state index is 8.52. The van der Waals surface area contributed by atoms with E-state index in [0.29, 0.717) is 6.61 Å². The topological polar surface area (TPSA) is 29.5 Å². The summed E-state index contributed by atoms with van der Waals surface area (Å²) in [5, 5.41) is 8.52. The highest BCUT2D eigenvalue weighted by molar-refractivity contribution is 4.87. The highest BCUT2D eigenvalue weighted by Crippen LogP contribution is 1.95. The minimum atomic E-state index is -0.162. The van der Waals surface area contributed by atoms with Crippen molar-refractivity contribution in [1.29, 1.82) is 0 Å². The first-order chi connectivity index (χ1) is 3.81. The second-order valence-electron chi connectivity index (χ2n) is 1.14. The zero-order valence-electron chi connectivity index (χ0n) is 4.63. The van der Waals surface area contributed by atoms with Crippen molar-refractivity contribution < 1.29 is 9.84 Å². The van der Waals surface area contributed by atoms with Gasteiger partial charge >= 0.3 is 0 Å². The van der Waals surface area contributed by atoms with Crippen molar-refractivity contribution in [2.45, 2.75) is 0 Å². The zero-order chi connectivity index (χ0) is 6.41. The molecule has 0 aromatic carbocycles. The summed E-state index contributed by atoms with van der Waals surface area (Å²) in [5.41, 5.74) is 0. The van der Waals surface area contributed by atoms with Crippen molar-refractivity contribution in [2.24, 2.45) is 0 Å². The summed E-state index contributed by atoms with van der Waals surface area (Å²) in [4.78, 5) is 0. The first-order valence-corrected chi connectivity index (χ1v) is 2.23. The quantitative estimate of drug-likeness (QED) is 0.556. The molecular weight excluding hydrogens is 104 g/mol. The van der Waals surface area contributed by atoms with E-state index in [4.69, 9.17) is 5.11 Å². The lowest BCUT2D eigenvalue weighted by atomic mass is 10.6. The molecule has 8 heavy (non-hydrogen) atoms. The molecule has 2 heteroatoms. The monoisotopic (exact) mass is 113 g/mol. The first kappa shape index (κ1) is 7.40. The molecular formula is C6H9O2. The first-order valence-electron chi connectivity index (χ1n) is 2.23. The van der Waals surface area contributed by atoms with Gasteiger partial charge in [-0.3, -0.25) is 0 Å². The summed E-state index contributed by atoms with van der Waals surface area (Å²) in [6, 6.07) is 0. The maximum Gasteiger partial charge on any atom is 0.245 e. The van der Waals surface area contributed by atoms with E-state index in [-0.39, 0.29) is 6.29 Å². The van der Waals surface area contributed by atoms with Gasteiger partial charge in [-0.05, 0) is 6.08 Å². The van der Waals surface area contributed by atoms with Crippen LogP contribution in [0.4, 0.5) is 0 Å². The molecule has 0 rings (SSSR count). The van der Waals surface area contributed by atoms with Crippen LogP contribution in [0, 0.1) is 6.29 Å². The molecule has 0 atom stereocenters. The van der Waals surface area contributed by atoms with Crippen LogP contribution in [0.5, 0.6) is 0 Å². The molecule has 0 aromatic heterocycles. The Morgan fingerprint density at radius 1 is 1.62 bits per heavy atom. The van der Waals surface area contributed by atoms with Gasteiger partial charge in [0.1, 0.15) is 0 Å². The van der Waals surface area contributed by atoms with Gasteiger partial charge in [-0.2, -0.15) is 0 Å². The van der Waals surface area contributed by atoms with E-state index in [1.807, 2.05) is 0 Å².